The molecule has 1 fully saturated rings. The smallest absolute Gasteiger partial charge is 0.0602 e. The summed E-state index contributed by atoms with van der Waals surface area (Å²) in [7, 11) is 2.19. The van der Waals surface area contributed by atoms with Crippen LogP contribution in [0, 0.1) is 0 Å². The molecule has 1 unspecified atom stereocenters. The van der Waals surface area contributed by atoms with Crippen molar-refractivity contribution in [2.45, 2.75) is 26.8 Å². The molecule has 0 bridgehead atoms. The number of allylic oxidation sites excluding steroid dienone is 3. The first-order valence-corrected chi connectivity index (χ1v) is 8.69. The lowest BCUT2D eigenvalue weighted by Crippen LogP contribution is -2.46. The lowest BCUT2D eigenvalue weighted by molar-refractivity contribution is 0.127. The molecule has 126 valence electrons. The van der Waals surface area contributed by atoms with E-state index in [1.54, 1.807) is 0 Å². The van der Waals surface area contributed by atoms with Gasteiger partial charge in [0, 0.05) is 26.2 Å². The lowest BCUT2D eigenvalue weighted by atomic mass is 9.95. The molecule has 0 N–H and O–H groups in total. The van der Waals surface area contributed by atoms with E-state index in [1.165, 1.54) is 11.1 Å². The molecule has 1 saturated heterocycles. The number of nitrogens with zero attached hydrogens (tertiary/aromatic N) is 2. The number of likely N-dealkylation sites (N-methyl/N-ethyl adjacent to an activating group) is 1. The monoisotopic (exact) mass is 312 g/mol. The summed E-state index contributed by atoms with van der Waals surface area (Å²) in [4.78, 5) is 4.95. The van der Waals surface area contributed by atoms with E-state index in [-0.39, 0.29) is 0 Å². The van der Waals surface area contributed by atoms with Crippen LogP contribution in [0.3, 0.4) is 0 Å². The van der Waals surface area contributed by atoms with Gasteiger partial charge >= 0.3 is 0 Å². The highest BCUT2D eigenvalue weighted by Crippen LogP contribution is 2.30. The molecule has 0 amide bonds. The van der Waals surface area contributed by atoms with Crippen LogP contribution in [0.5, 0.6) is 0 Å². The molecule has 0 radical (unpaired) electrons. The van der Waals surface area contributed by atoms with Crippen molar-refractivity contribution in [3.05, 3.63) is 72.4 Å². The third-order valence-electron chi connectivity index (χ3n) is 4.05. The van der Waals surface area contributed by atoms with Crippen LogP contribution in [-0.2, 0) is 0 Å². The Bertz CT molecular complexity index is 494. The average Bonchev–Trinajstić information content (AvgIpc) is 2.62. The molecule has 1 aromatic carbocycles. The summed E-state index contributed by atoms with van der Waals surface area (Å²) < 4.78 is 0. The van der Waals surface area contributed by atoms with Gasteiger partial charge in [0.25, 0.3) is 0 Å². The Balaban J connectivity index is 0.00000127. The van der Waals surface area contributed by atoms with Gasteiger partial charge in [-0.3, -0.25) is 4.90 Å². The zero-order valence-corrected chi connectivity index (χ0v) is 15.2. The molecule has 0 aromatic heterocycles. The van der Waals surface area contributed by atoms with Crippen molar-refractivity contribution in [3.63, 3.8) is 0 Å². The normalized spacial score (nSPS) is 18.3. The standard InChI is InChI=1S/C19H26N2.C2H6/c1-4-6-10-17(5-2)19(18-11-8-7-9-12-18)21-15-13-20(3)14-16-21;1-2/h4-12,19H,2,13-16H2,1,3H3;1-2H3/b6-4-,17-10+;. The number of piperazine rings is 1. The van der Waals surface area contributed by atoms with Crippen LogP contribution in [0.15, 0.2) is 66.8 Å². The van der Waals surface area contributed by atoms with Gasteiger partial charge in [0.05, 0.1) is 6.04 Å². The molecular weight excluding hydrogens is 280 g/mol. The van der Waals surface area contributed by atoms with Crippen molar-refractivity contribution >= 4 is 0 Å². The Morgan fingerprint density at radius 3 is 2.22 bits per heavy atom. The van der Waals surface area contributed by atoms with Gasteiger partial charge in [0.15, 0.2) is 0 Å². The second kappa shape index (κ2) is 11.0. The van der Waals surface area contributed by atoms with Gasteiger partial charge in [-0.1, -0.05) is 75.1 Å². The zero-order chi connectivity index (χ0) is 17.1. The fourth-order valence-corrected chi connectivity index (χ4v) is 2.81. The SMILES string of the molecule is C=C/C(=C\C=C/C)C(c1ccccc1)N1CCN(C)CC1.CC. The topological polar surface area (TPSA) is 6.48 Å². The number of hydrogen-bond acceptors (Lipinski definition) is 2. The summed E-state index contributed by atoms with van der Waals surface area (Å²) in [6, 6.07) is 11.1. The van der Waals surface area contributed by atoms with Crippen LogP contribution in [0.25, 0.3) is 0 Å². The largest absolute Gasteiger partial charge is 0.304 e. The van der Waals surface area contributed by atoms with Gasteiger partial charge in [-0.15, -0.1) is 0 Å². The van der Waals surface area contributed by atoms with E-state index in [2.05, 4.69) is 72.0 Å². The van der Waals surface area contributed by atoms with E-state index in [4.69, 9.17) is 0 Å². The minimum absolute atomic E-state index is 0.300. The third kappa shape index (κ3) is 5.81. The first-order valence-electron chi connectivity index (χ1n) is 8.69. The lowest BCUT2D eigenvalue weighted by Gasteiger charge is -2.38. The van der Waals surface area contributed by atoms with Gasteiger partial charge in [-0.05, 0) is 25.1 Å². The summed E-state index contributed by atoms with van der Waals surface area (Å²) in [6.07, 6.45) is 8.34. The number of benzene rings is 1. The van der Waals surface area contributed by atoms with Gasteiger partial charge in [-0.25, -0.2) is 0 Å². The molecule has 1 aromatic rings. The van der Waals surface area contributed by atoms with E-state index >= 15 is 0 Å². The first kappa shape index (κ1) is 19.4. The van der Waals surface area contributed by atoms with Crippen molar-refractivity contribution in [1.82, 2.24) is 9.80 Å². The van der Waals surface area contributed by atoms with Crippen molar-refractivity contribution in [2.24, 2.45) is 0 Å². The first-order chi connectivity index (χ1) is 11.3. The van der Waals surface area contributed by atoms with Gasteiger partial charge in [0.2, 0.25) is 0 Å². The Kier molecular flexibility index (Phi) is 9.27. The molecule has 2 heteroatoms. The van der Waals surface area contributed by atoms with E-state index < -0.39 is 0 Å². The molecule has 2 rings (SSSR count). The highest BCUT2D eigenvalue weighted by molar-refractivity contribution is 5.36. The Labute approximate surface area is 142 Å². The molecule has 23 heavy (non-hydrogen) atoms. The van der Waals surface area contributed by atoms with Crippen molar-refractivity contribution in [1.29, 1.82) is 0 Å². The van der Waals surface area contributed by atoms with Crippen LogP contribution in [0.2, 0.25) is 0 Å². The van der Waals surface area contributed by atoms with Gasteiger partial charge in [0.1, 0.15) is 0 Å². The molecule has 0 saturated carbocycles. The second-order valence-corrected chi connectivity index (χ2v) is 5.55. The zero-order valence-electron chi connectivity index (χ0n) is 15.2. The van der Waals surface area contributed by atoms with Crippen LogP contribution >= 0.6 is 0 Å². The Morgan fingerprint density at radius 2 is 1.70 bits per heavy atom. The molecule has 1 atom stereocenters. The third-order valence-corrected chi connectivity index (χ3v) is 4.05. The summed E-state index contributed by atoms with van der Waals surface area (Å²) in [5, 5.41) is 0. The number of rotatable bonds is 5. The van der Waals surface area contributed by atoms with Crippen molar-refractivity contribution < 1.29 is 0 Å². The predicted octanol–water partition coefficient (Wildman–Crippen LogP) is 4.69. The number of hydrogen-bond donors (Lipinski definition) is 0. The van der Waals surface area contributed by atoms with E-state index in [0.29, 0.717) is 6.04 Å². The van der Waals surface area contributed by atoms with Crippen LogP contribution in [0.4, 0.5) is 0 Å². The summed E-state index contributed by atoms with van der Waals surface area (Å²) in [5.74, 6) is 0. The highest BCUT2D eigenvalue weighted by atomic mass is 15.3. The summed E-state index contributed by atoms with van der Waals surface area (Å²) in [5.41, 5.74) is 2.61. The van der Waals surface area contributed by atoms with Crippen LogP contribution in [0.1, 0.15) is 32.4 Å². The molecule has 1 heterocycles. The molecule has 2 nitrogen and oxygen atoms in total. The Hall–Kier alpha value is -1.64. The predicted molar refractivity (Wildman–Crippen MR) is 103 cm³/mol. The molecule has 1 aliphatic heterocycles. The quantitative estimate of drug-likeness (QED) is 0.728. The minimum atomic E-state index is 0.300. The molecular formula is C21H32N2. The second-order valence-electron chi connectivity index (χ2n) is 5.55. The van der Waals surface area contributed by atoms with Crippen molar-refractivity contribution in [2.75, 3.05) is 33.2 Å². The summed E-state index contributed by atoms with van der Waals surface area (Å²) in [6.45, 7) is 14.5. The van der Waals surface area contributed by atoms with E-state index in [9.17, 15) is 0 Å². The fourth-order valence-electron chi connectivity index (χ4n) is 2.81. The molecule has 0 aliphatic carbocycles. The van der Waals surface area contributed by atoms with Gasteiger partial charge in [-0.2, -0.15) is 0 Å². The van der Waals surface area contributed by atoms with Crippen LogP contribution in [-0.4, -0.2) is 43.0 Å². The van der Waals surface area contributed by atoms with Crippen LogP contribution < -0.4 is 0 Å². The highest BCUT2D eigenvalue weighted by Gasteiger charge is 2.25. The Morgan fingerprint density at radius 1 is 1.09 bits per heavy atom. The molecule has 0 spiro atoms. The average molecular weight is 313 g/mol. The van der Waals surface area contributed by atoms with Crippen molar-refractivity contribution in [3.8, 4) is 0 Å². The maximum Gasteiger partial charge on any atom is 0.0602 e. The van der Waals surface area contributed by atoms with Gasteiger partial charge < -0.3 is 4.90 Å². The molecule has 1 aliphatic rings. The maximum absolute atomic E-state index is 4.03. The maximum atomic E-state index is 4.03. The fraction of sp³-hybridized carbons (Fsp3) is 0.429. The summed E-state index contributed by atoms with van der Waals surface area (Å²) >= 11 is 0. The van der Waals surface area contributed by atoms with E-state index in [0.717, 1.165) is 26.2 Å². The van der Waals surface area contributed by atoms with E-state index in [1.807, 2.05) is 26.8 Å². The minimum Gasteiger partial charge on any atom is -0.304 e.